The fourth-order valence-corrected chi connectivity index (χ4v) is 7.73. The third-order valence-electron chi connectivity index (χ3n) is 8.83. The van der Waals surface area contributed by atoms with Gasteiger partial charge in [-0.3, -0.25) is 0 Å². The summed E-state index contributed by atoms with van der Waals surface area (Å²) < 4.78 is 0. The van der Waals surface area contributed by atoms with Crippen LogP contribution in [0.25, 0.3) is 0 Å². The Labute approximate surface area is 130 Å². The van der Waals surface area contributed by atoms with Crippen LogP contribution in [0.15, 0.2) is 0 Å². The van der Waals surface area contributed by atoms with Gasteiger partial charge >= 0.3 is 0 Å². The van der Waals surface area contributed by atoms with Gasteiger partial charge in [-0.15, -0.1) is 0 Å². The van der Waals surface area contributed by atoms with E-state index in [9.17, 15) is 5.11 Å². The highest BCUT2D eigenvalue weighted by molar-refractivity contribution is 5.09. The van der Waals surface area contributed by atoms with Gasteiger partial charge in [-0.1, -0.05) is 26.2 Å². The smallest absolute Gasteiger partial charge is 0.0571 e. The van der Waals surface area contributed by atoms with Gasteiger partial charge in [0.05, 0.1) is 6.10 Å². The summed E-state index contributed by atoms with van der Waals surface area (Å²) in [5, 5.41) is 10.5. The Morgan fingerprint density at radius 3 is 2.52 bits per heavy atom. The van der Waals surface area contributed by atoms with Crippen molar-refractivity contribution in [1.82, 2.24) is 0 Å². The standard InChI is InChI=1S/C20H34O/c1-14(21)20-12-5-7-18(20)16-9-8-15-6-3-4-11-19(15,2)17(16)10-13-20/h14-18,21H,3-13H2,1-2H3/t14?,15?,16-,17+,18+,19+,20+/m1/s1. The first-order valence-electron chi connectivity index (χ1n) is 9.76. The molecule has 0 amide bonds. The lowest BCUT2D eigenvalue weighted by atomic mass is 9.44. The lowest BCUT2D eigenvalue weighted by Crippen LogP contribution is -2.54. The fourth-order valence-electron chi connectivity index (χ4n) is 7.73. The summed E-state index contributed by atoms with van der Waals surface area (Å²) in [7, 11) is 0. The zero-order chi connectivity index (χ0) is 14.7. The zero-order valence-corrected chi connectivity index (χ0v) is 14.1. The number of hydrogen-bond acceptors (Lipinski definition) is 1. The SMILES string of the molecule is CC(O)[C@@]12CCC[C@H]1[C@@H]1CCC3CCCC[C@]3(C)[C@H]1CC2. The summed E-state index contributed by atoms with van der Waals surface area (Å²) in [4.78, 5) is 0. The summed E-state index contributed by atoms with van der Waals surface area (Å²) in [6.45, 7) is 4.74. The van der Waals surface area contributed by atoms with Gasteiger partial charge in [0.1, 0.15) is 0 Å². The first-order valence-corrected chi connectivity index (χ1v) is 9.76. The minimum atomic E-state index is -0.0807. The zero-order valence-electron chi connectivity index (χ0n) is 14.1. The molecule has 0 saturated heterocycles. The van der Waals surface area contributed by atoms with Crippen LogP contribution in [-0.2, 0) is 0 Å². The first kappa shape index (κ1) is 14.5. The van der Waals surface area contributed by atoms with Crippen molar-refractivity contribution < 1.29 is 5.11 Å². The molecule has 0 aromatic carbocycles. The monoisotopic (exact) mass is 290 g/mol. The van der Waals surface area contributed by atoms with Crippen LogP contribution in [0.1, 0.15) is 84.5 Å². The third kappa shape index (κ3) is 1.92. The van der Waals surface area contributed by atoms with E-state index in [-0.39, 0.29) is 6.10 Å². The van der Waals surface area contributed by atoms with Crippen molar-refractivity contribution >= 4 is 0 Å². The van der Waals surface area contributed by atoms with E-state index in [0.717, 1.165) is 23.7 Å². The molecule has 0 radical (unpaired) electrons. The van der Waals surface area contributed by atoms with E-state index < -0.39 is 0 Å². The van der Waals surface area contributed by atoms with Crippen LogP contribution in [0.5, 0.6) is 0 Å². The molecule has 4 rings (SSSR count). The minimum Gasteiger partial charge on any atom is -0.393 e. The van der Waals surface area contributed by atoms with E-state index in [4.69, 9.17) is 0 Å². The van der Waals surface area contributed by atoms with Gasteiger partial charge in [-0.2, -0.15) is 0 Å². The van der Waals surface area contributed by atoms with Crippen molar-refractivity contribution in [3.63, 3.8) is 0 Å². The molecule has 4 aliphatic carbocycles. The summed E-state index contributed by atoms with van der Waals surface area (Å²) in [5.41, 5.74) is 0.952. The minimum absolute atomic E-state index is 0.0807. The highest BCUT2D eigenvalue weighted by Gasteiger charge is 2.59. The van der Waals surface area contributed by atoms with Crippen LogP contribution in [0, 0.1) is 34.5 Å². The van der Waals surface area contributed by atoms with Crippen molar-refractivity contribution in [2.45, 2.75) is 90.6 Å². The van der Waals surface area contributed by atoms with E-state index in [2.05, 4.69) is 13.8 Å². The second-order valence-corrected chi connectivity index (χ2v) is 9.24. The Balaban J connectivity index is 1.65. The fraction of sp³-hybridized carbons (Fsp3) is 1.00. The van der Waals surface area contributed by atoms with Crippen LogP contribution in [0.3, 0.4) is 0 Å². The maximum Gasteiger partial charge on any atom is 0.0571 e. The van der Waals surface area contributed by atoms with Gasteiger partial charge in [-0.05, 0) is 92.8 Å². The van der Waals surface area contributed by atoms with Gasteiger partial charge < -0.3 is 5.11 Å². The van der Waals surface area contributed by atoms with Crippen molar-refractivity contribution in [1.29, 1.82) is 0 Å². The molecular formula is C20H34O. The quantitative estimate of drug-likeness (QED) is 0.706. The van der Waals surface area contributed by atoms with E-state index in [0.29, 0.717) is 10.8 Å². The van der Waals surface area contributed by atoms with Crippen molar-refractivity contribution in [3.05, 3.63) is 0 Å². The van der Waals surface area contributed by atoms with E-state index in [1.807, 2.05) is 0 Å². The number of aliphatic hydroxyl groups excluding tert-OH is 1. The molecule has 21 heavy (non-hydrogen) atoms. The van der Waals surface area contributed by atoms with Crippen LogP contribution in [-0.4, -0.2) is 11.2 Å². The second kappa shape index (κ2) is 4.98. The second-order valence-electron chi connectivity index (χ2n) is 9.24. The number of rotatable bonds is 1. The van der Waals surface area contributed by atoms with Crippen LogP contribution in [0.2, 0.25) is 0 Å². The molecule has 0 bridgehead atoms. The summed E-state index contributed by atoms with van der Waals surface area (Å²) in [6, 6.07) is 0. The molecule has 1 N–H and O–H groups in total. The van der Waals surface area contributed by atoms with Gasteiger partial charge in [0.25, 0.3) is 0 Å². The molecule has 1 heteroatoms. The lowest BCUT2D eigenvalue weighted by Gasteiger charge is -2.61. The molecule has 4 fully saturated rings. The average molecular weight is 290 g/mol. The van der Waals surface area contributed by atoms with Crippen LogP contribution < -0.4 is 0 Å². The van der Waals surface area contributed by atoms with Crippen LogP contribution >= 0.6 is 0 Å². The van der Waals surface area contributed by atoms with Crippen molar-refractivity contribution in [3.8, 4) is 0 Å². The van der Waals surface area contributed by atoms with E-state index in [1.54, 1.807) is 0 Å². The van der Waals surface area contributed by atoms with Crippen molar-refractivity contribution in [2.75, 3.05) is 0 Å². The molecule has 0 aromatic heterocycles. The van der Waals surface area contributed by atoms with Gasteiger partial charge in [-0.25, -0.2) is 0 Å². The topological polar surface area (TPSA) is 20.2 Å². The summed E-state index contributed by atoms with van der Waals surface area (Å²) in [6.07, 6.45) is 15.7. The normalized spacial score (nSPS) is 54.4. The van der Waals surface area contributed by atoms with Gasteiger partial charge in [0.15, 0.2) is 0 Å². The molecule has 0 aliphatic heterocycles. The molecule has 4 saturated carbocycles. The highest BCUT2D eigenvalue weighted by atomic mass is 16.3. The summed E-state index contributed by atoms with van der Waals surface area (Å²) >= 11 is 0. The number of aliphatic hydroxyl groups is 1. The van der Waals surface area contributed by atoms with Crippen molar-refractivity contribution in [2.24, 2.45) is 34.5 Å². The molecule has 0 spiro atoms. The number of hydrogen-bond donors (Lipinski definition) is 1. The Hall–Kier alpha value is -0.0400. The van der Waals surface area contributed by atoms with Gasteiger partial charge in [0.2, 0.25) is 0 Å². The van der Waals surface area contributed by atoms with E-state index in [1.165, 1.54) is 70.6 Å². The Morgan fingerprint density at radius 1 is 0.857 bits per heavy atom. The average Bonchev–Trinajstić information content (AvgIpc) is 2.92. The molecular weight excluding hydrogens is 256 g/mol. The third-order valence-corrected chi connectivity index (χ3v) is 8.83. The molecule has 7 atom stereocenters. The predicted octanol–water partition coefficient (Wildman–Crippen LogP) is 5.17. The Kier molecular flexibility index (Phi) is 3.45. The Bertz CT molecular complexity index is 403. The first-order chi connectivity index (χ1) is 10.1. The summed E-state index contributed by atoms with van der Waals surface area (Å²) in [5.74, 6) is 3.78. The molecule has 0 aromatic rings. The van der Waals surface area contributed by atoms with Crippen LogP contribution in [0.4, 0.5) is 0 Å². The molecule has 2 unspecified atom stereocenters. The van der Waals surface area contributed by atoms with Gasteiger partial charge in [0, 0.05) is 0 Å². The molecule has 4 aliphatic rings. The molecule has 0 heterocycles. The lowest BCUT2D eigenvalue weighted by molar-refractivity contribution is -0.134. The predicted molar refractivity (Wildman–Crippen MR) is 87.0 cm³/mol. The molecule has 120 valence electrons. The maximum atomic E-state index is 10.5. The highest BCUT2D eigenvalue weighted by Crippen LogP contribution is 2.66. The maximum absolute atomic E-state index is 10.5. The molecule has 1 nitrogen and oxygen atoms in total. The Morgan fingerprint density at radius 2 is 1.71 bits per heavy atom. The van der Waals surface area contributed by atoms with E-state index >= 15 is 0 Å². The number of fused-ring (bicyclic) bond motifs is 5. The largest absolute Gasteiger partial charge is 0.393 e.